The zero-order valence-electron chi connectivity index (χ0n) is 17.8. The number of benzene rings is 2. The molecule has 0 radical (unpaired) electrons. The van der Waals surface area contributed by atoms with E-state index in [0.717, 1.165) is 23.4 Å². The van der Waals surface area contributed by atoms with Crippen LogP contribution in [0, 0.1) is 6.92 Å². The molecule has 0 aliphatic carbocycles. The van der Waals surface area contributed by atoms with Crippen molar-refractivity contribution in [1.29, 1.82) is 0 Å². The number of aromatic nitrogens is 2. The quantitative estimate of drug-likeness (QED) is 0.572. The molecule has 1 N–H and O–H groups in total. The molecular weight excluding hydrogens is 433 g/mol. The molecule has 2 aromatic carbocycles. The van der Waals surface area contributed by atoms with Crippen molar-refractivity contribution in [3.63, 3.8) is 0 Å². The van der Waals surface area contributed by atoms with Gasteiger partial charge in [-0.1, -0.05) is 24.8 Å². The summed E-state index contributed by atoms with van der Waals surface area (Å²) >= 11 is 0. The van der Waals surface area contributed by atoms with Gasteiger partial charge in [-0.3, -0.25) is 19.5 Å². The number of fused-ring (bicyclic) bond motifs is 1. The fourth-order valence-electron chi connectivity index (χ4n) is 3.78. The number of halogens is 3. The lowest BCUT2D eigenvalue weighted by atomic mass is 10.1. The van der Waals surface area contributed by atoms with E-state index in [0.29, 0.717) is 24.0 Å². The summed E-state index contributed by atoms with van der Waals surface area (Å²) in [5.74, 6) is -0.766. The van der Waals surface area contributed by atoms with Crippen molar-refractivity contribution >= 4 is 34.5 Å². The van der Waals surface area contributed by atoms with Crippen LogP contribution in [0.3, 0.4) is 0 Å². The predicted molar refractivity (Wildman–Crippen MR) is 120 cm³/mol. The van der Waals surface area contributed by atoms with Crippen molar-refractivity contribution in [1.82, 2.24) is 14.5 Å². The molecule has 1 aliphatic heterocycles. The van der Waals surface area contributed by atoms with Crippen molar-refractivity contribution in [2.24, 2.45) is 0 Å². The van der Waals surface area contributed by atoms with E-state index in [1.54, 1.807) is 9.47 Å². The first-order valence-corrected chi connectivity index (χ1v) is 10.3. The number of carbonyl (C=O) groups excluding carboxylic acids is 2. The maximum Gasteiger partial charge on any atom is 0.416 e. The summed E-state index contributed by atoms with van der Waals surface area (Å²) in [6.45, 7) is 6.25. The molecule has 0 bridgehead atoms. The van der Waals surface area contributed by atoms with E-state index in [4.69, 9.17) is 0 Å². The molecule has 4 rings (SSSR count). The van der Waals surface area contributed by atoms with Crippen LogP contribution in [0.5, 0.6) is 0 Å². The number of imidazole rings is 1. The van der Waals surface area contributed by atoms with Gasteiger partial charge in [-0.25, -0.2) is 4.98 Å². The number of anilines is 1. The second-order valence-electron chi connectivity index (χ2n) is 7.74. The molecule has 33 heavy (non-hydrogen) atoms. The standard InChI is InChI=1S/C24H21F3N4O2/c1-3-21(32)30-11-5-8-18(14-30)31-20-10-9-15(2)12-19(20)28-23(31)29-22(33)16-6-4-7-17(13-16)24(25,26)27/h3-4,6-10,12-13H,1,5,11,14H2,2H3,(H,28,29,33). The Labute approximate surface area is 188 Å². The van der Waals surface area contributed by atoms with E-state index >= 15 is 0 Å². The van der Waals surface area contributed by atoms with Crippen LogP contribution in [-0.4, -0.2) is 39.4 Å². The fraction of sp³-hybridized carbons (Fsp3) is 0.208. The molecule has 170 valence electrons. The van der Waals surface area contributed by atoms with Gasteiger partial charge in [0.15, 0.2) is 0 Å². The minimum absolute atomic E-state index is 0.138. The Kier molecular flexibility index (Phi) is 5.80. The molecule has 2 heterocycles. The zero-order valence-corrected chi connectivity index (χ0v) is 17.8. The molecule has 0 unspecified atom stereocenters. The van der Waals surface area contributed by atoms with Crippen LogP contribution in [0.2, 0.25) is 0 Å². The van der Waals surface area contributed by atoms with E-state index in [2.05, 4.69) is 16.9 Å². The summed E-state index contributed by atoms with van der Waals surface area (Å²) in [6, 6.07) is 9.81. The molecule has 0 fully saturated rings. The lowest BCUT2D eigenvalue weighted by Gasteiger charge is -2.27. The maximum absolute atomic E-state index is 13.1. The highest BCUT2D eigenvalue weighted by atomic mass is 19.4. The second-order valence-corrected chi connectivity index (χ2v) is 7.74. The number of rotatable bonds is 4. The number of nitrogens with zero attached hydrogens (tertiary/aromatic N) is 3. The van der Waals surface area contributed by atoms with Crippen molar-refractivity contribution in [2.45, 2.75) is 19.5 Å². The smallest absolute Gasteiger partial charge is 0.333 e. The molecule has 1 aliphatic rings. The van der Waals surface area contributed by atoms with Gasteiger partial charge in [0.25, 0.3) is 5.91 Å². The highest BCUT2D eigenvalue weighted by Gasteiger charge is 2.31. The lowest BCUT2D eigenvalue weighted by Crippen LogP contribution is -2.35. The predicted octanol–water partition coefficient (Wildman–Crippen LogP) is 4.88. The Morgan fingerprint density at radius 1 is 1.18 bits per heavy atom. The van der Waals surface area contributed by atoms with Crippen LogP contribution in [0.25, 0.3) is 16.7 Å². The van der Waals surface area contributed by atoms with E-state index in [-0.39, 0.29) is 24.0 Å². The van der Waals surface area contributed by atoms with Gasteiger partial charge < -0.3 is 4.90 Å². The zero-order chi connectivity index (χ0) is 23.8. The normalized spacial score (nSPS) is 14.2. The third-order valence-corrected chi connectivity index (χ3v) is 5.39. The van der Waals surface area contributed by atoms with Gasteiger partial charge >= 0.3 is 6.18 Å². The Morgan fingerprint density at radius 2 is 1.97 bits per heavy atom. The third kappa shape index (κ3) is 4.52. The summed E-state index contributed by atoms with van der Waals surface area (Å²) in [4.78, 5) is 31.2. The van der Waals surface area contributed by atoms with Crippen molar-refractivity contribution in [2.75, 3.05) is 18.4 Å². The SMILES string of the molecule is C=CC(=O)N1CCC=C(n2c(NC(=O)c3cccc(C(F)(F)F)c3)nc3cc(C)ccc32)C1. The number of carbonyl (C=O) groups is 2. The first kappa shape index (κ1) is 22.3. The molecule has 3 aromatic rings. The molecule has 0 saturated heterocycles. The van der Waals surface area contributed by atoms with Gasteiger partial charge in [-0.2, -0.15) is 13.2 Å². The number of hydrogen-bond donors (Lipinski definition) is 1. The Bertz CT molecular complexity index is 1290. The Morgan fingerprint density at radius 3 is 2.70 bits per heavy atom. The van der Waals surface area contributed by atoms with Gasteiger partial charge in [-0.15, -0.1) is 0 Å². The number of nitrogens with one attached hydrogen (secondary N) is 1. The molecule has 0 spiro atoms. The third-order valence-electron chi connectivity index (χ3n) is 5.39. The molecule has 1 aromatic heterocycles. The molecule has 0 atom stereocenters. The van der Waals surface area contributed by atoms with Gasteiger partial charge in [0.2, 0.25) is 11.9 Å². The van der Waals surface area contributed by atoms with Crippen LogP contribution >= 0.6 is 0 Å². The van der Waals surface area contributed by atoms with Crippen LogP contribution < -0.4 is 5.32 Å². The topological polar surface area (TPSA) is 67.2 Å². The number of amides is 2. The highest BCUT2D eigenvalue weighted by Crippen LogP contribution is 2.31. The first-order valence-electron chi connectivity index (χ1n) is 10.3. The molecule has 9 heteroatoms. The van der Waals surface area contributed by atoms with Gasteiger partial charge in [0.1, 0.15) is 0 Å². The maximum atomic E-state index is 13.1. The summed E-state index contributed by atoms with van der Waals surface area (Å²) in [5.41, 5.74) is 1.96. The van der Waals surface area contributed by atoms with E-state index in [9.17, 15) is 22.8 Å². The van der Waals surface area contributed by atoms with Gasteiger partial charge in [0.05, 0.1) is 23.1 Å². The summed E-state index contributed by atoms with van der Waals surface area (Å²) in [6.07, 6.45) is -0.765. The minimum Gasteiger partial charge on any atom is -0.333 e. The minimum atomic E-state index is -4.56. The van der Waals surface area contributed by atoms with Gasteiger partial charge in [-0.05, 0) is 55.3 Å². The van der Waals surface area contributed by atoms with E-state index in [1.807, 2.05) is 31.2 Å². The molecular formula is C24H21F3N4O2. The number of aryl methyl sites for hydroxylation is 1. The average molecular weight is 454 g/mol. The Hall–Kier alpha value is -3.88. The molecule has 2 amide bonds. The summed E-state index contributed by atoms with van der Waals surface area (Å²) in [5, 5.41) is 2.65. The molecule has 0 saturated carbocycles. The first-order chi connectivity index (χ1) is 15.7. The number of alkyl halides is 3. The number of hydrogen-bond acceptors (Lipinski definition) is 3. The highest BCUT2D eigenvalue weighted by molar-refractivity contribution is 6.04. The van der Waals surface area contributed by atoms with Crippen molar-refractivity contribution in [3.05, 3.63) is 77.9 Å². The van der Waals surface area contributed by atoms with Crippen LogP contribution in [0.1, 0.15) is 27.9 Å². The van der Waals surface area contributed by atoms with Gasteiger partial charge in [0, 0.05) is 17.8 Å². The Balaban J connectivity index is 1.74. The van der Waals surface area contributed by atoms with Crippen LogP contribution in [0.15, 0.2) is 61.2 Å². The lowest BCUT2D eigenvalue weighted by molar-refractivity contribution is -0.137. The van der Waals surface area contributed by atoms with E-state index in [1.165, 1.54) is 18.2 Å². The van der Waals surface area contributed by atoms with Crippen LogP contribution in [-0.2, 0) is 11.0 Å². The largest absolute Gasteiger partial charge is 0.416 e. The second kappa shape index (κ2) is 8.57. The monoisotopic (exact) mass is 454 g/mol. The molecule has 6 nitrogen and oxygen atoms in total. The average Bonchev–Trinajstić information content (AvgIpc) is 3.14. The van der Waals surface area contributed by atoms with Crippen molar-refractivity contribution < 1.29 is 22.8 Å². The summed E-state index contributed by atoms with van der Waals surface area (Å²) < 4.78 is 41.0. The van der Waals surface area contributed by atoms with Crippen LogP contribution in [0.4, 0.5) is 19.1 Å². The van der Waals surface area contributed by atoms with Crippen molar-refractivity contribution in [3.8, 4) is 0 Å². The summed E-state index contributed by atoms with van der Waals surface area (Å²) in [7, 11) is 0. The fourth-order valence-corrected chi connectivity index (χ4v) is 3.78. The van der Waals surface area contributed by atoms with E-state index < -0.39 is 17.6 Å².